The van der Waals surface area contributed by atoms with Gasteiger partial charge in [0.2, 0.25) is 0 Å². The molecule has 0 aromatic carbocycles. The fourth-order valence-electron chi connectivity index (χ4n) is 2.71. The van der Waals surface area contributed by atoms with Crippen LogP contribution >= 0.6 is 22.6 Å². The average Bonchev–Trinajstić information content (AvgIpc) is 3.14. The maximum atomic E-state index is 13.0. The molecule has 0 bridgehead atoms. The second-order valence-corrected chi connectivity index (χ2v) is 14.4. The SMILES string of the molecule is CC(C)(C)[Si](C)(C)Oc1c(C(=O)NCC2CC=CC2)nc(I)c2ncnnc12. The fraction of sp³-hybridized carbons (Fsp3) is 0.526. The average molecular weight is 511 g/mol. The molecule has 28 heavy (non-hydrogen) atoms. The second-order valence-electron chi connectivity index (χ2n) is 8.62. The third-order valence-corrected chi connectivity index (χ3v) is 10.6. The van der Waals surface area contributed by atoms with E-state index in [0.717, 1.165) is 12.8 Å². The van der Waals surface area contributed by atoms with Crippen molar-refractivity contribution in [2.75, 3.05) is 6.54 Å². The molecule has 0 unspecified atom stereocenters. The molecule has 0 spiro atoms. The van der Waals surface area contributed by atoms with Crippen LogP contribution in [-0.4, -0.2) is 40.9 Å². The molecule has 1 aliphatic rings. The molecule has 2 aromatic rings. The largest absolute Gasteiger partial charge is 0.540 e. The third kappa shape index (κ3) is 4.34. The Balaban J connectivity index is 2.01. The number of halogens is 1. The van der Waals surface area contributed by atoms with Crippen LogP contribution in [0.3, 0.4) is 0 Å². The van der Waals surface area contributed by atoms with Crippen molar-refractivity contribution in [2.24, 2.45) is 5.92 Å². The van der Waals surface area contributed by atoms with Gasteiger partial charge in [0.25, 0.3) is 14.2 Å². The number of aromatic nitrogens is 4. The van der Waals surface area contributed by atoms with Crippen molar-refractivity contribution < 1.29 is 9.22 Å². The zero-order valence-electron chi connectivity index (χ0n) is 16.9. The van der Waals surface area contributed by atoms with Gasteiger partial charge >= 0.3 is 0 Å². The smallest absolute Gasteiger partial charge is 0.273 e. The van der Waals surface area contributed by atoms with Crippen molar-refractivity contribution in [3.05, 3.63) is 27.9 Å². The highest BCUT2D eigenvalue weighted by Crippen LogP contribution is 2.40. The summed E-state index contributed by atoms with van der Waals surface area (Å²) < 4.78 is 7.13. The van der Waals surface area contributed by atoms with Crippen molar-refractivity contribution in [2.45, 2.75) is 51.7 Å². The molecular formula is C19H26IN5O2Si. The molecule has 0 saturated heterocycles. The second kappa shape index (κ2) is 8.01. The summed E-state index contributed by atoms with van der Waals surface area (Å²) in [5.74, 6) is 0.588. The van der Waals surface area contributed by atoms with Gasteiger partial charge < -0.3 is 9.74 Å². The van der Waals surface area contributed by atoms with Crippen LogP contribution in [0.15, 0.2) is 18.5 Å². The van der Waals surface area contributed by atoms with E-state index in [2.05, 4.69) is 94.1 Å². The van der Waals surface area contributed by atoms with Gasteiger partial charge in [-0.15, -0.1) is 10.2 Å². The van der Waals surface area contributed by atoms with Crippen LogP contribution in [-0.2, 0) is 0 Å². The summed E-state index contributed by atoms with van der Waals surface area (Å²) in [6.45, 7) is 11.3. The van der Waals surface area contributed by atoms with E-state index in [-0.39, 0.29) is 16.6 Å². The van der Waals surface area contributed by atoms with Crippen LogP contribution in [0.4, 0.5) is 0 Å². The summed E-state index contributed by atoms with van der Waals surface area (Å²) in [6.07, 6.45) is 7.68. The van der Waals surface area contributed by atoms with E-state index < -0.39 is 8.32 Å². The summed E-state index contributed by atoms with van der Waals surface area (Å²) >= 11 is 2.08. The Labute approximate surface area is 180 Å². The van der Waals surface area contributed by atoms with E-state index in [0.29, 0.717) is 32.9 Å². The maximum absolute atomic E-state index is 13.0. The Kier molecular flexibility index (Phi) is 6.04. The van der Waals surface area contributed by atoms with Crippen LogP contribution in [0.1, 0.15) is 44.1 Å². The minimum Gasteiger partial charge on any atom is -0.540 e. The number of hydrogen-bond donors (Lipinski definition) is 1. The molecule has 0 aliphatic heterocycles. The summed E-state index contributed by atoms with van der Waals surface area (Å²) in [4.78, 5) is 21.9. The van der Waals surface area contributed by atoms with E-state index in [4.69, 9.17) is 4.43 Å². The van der Waals surface area contributed by atoms with Crippen LogP contribution < -0.4 is 9.74 Å². The molecule has 1 aliphatic carbocycles. The number of fused-ring (bicyclic) bond motifs is 1. The number of hydrogen-bond acceptors (Lipinski definition) is 6. The third-order valence-electron chi connectivity index (χ3n) is 5.49. The Morgan fingerprint density at radius 2 is 1.96 bits per heavy atom. The lowest BCUT2D eigenvalue weighted by molar-refractivity contribution is 0.0940. The normalized spacial score (nSPS) is 15.2. The minimum absolute atomic E-state index is 0.0405. The summed E-state index contributed by atoms with van der Waals surface area (Å²) in [5.41, 5.74) is 1.34. The van der Waals surface area contributed by atoms with Crippen LogP contribution in [0, 0.1) is 9.62 Å². The van der Waals surface area contributed by atoms with E-state index in [1.54, 1.807) is 0 Å². The van der Waals surface area contributed by atoms with Gasteiger partial charge in [-0.3, -0.25) is 4.79 Å². The molecule has 1 amide bonds. The molecular weight excluding hydrogens is 485 g/mol. The fourth-order valence-corrected chi connectivity index (χ4v) is 4.36. The summed E-state index contributed by atoms with van der Waals surface area (Å²) in [7, 11) is -2.23. The van der Waals surface area contributed by atoms with Crippen LogP contribution in [0.25, 0.3) is 11.0 Å². The Morgan fingerprint density at radius 3 is 2.61 bits per heavy atom. The van der Waals surface area contributed by atoms with Crippen molar-refractivity contribution >= 4 is 47.8 Å². The molecule has 7 nitrogen and oxygen atoms in total. The van der Waals surface area contributed by atoms with Gasteiger partial charge in [-0.1, -0.05) is 32.9 Å². The van der Waals surface area contributed by atoms with Gasteiger partial charge in [-0.2, -0.15) is 0 Å². The van der Waals surface area contributed by atoms with Gasteiger partial charge in [0, 0.05) is 6.54 Å². The lowest BCUT2D eigenvalue weighted by Gasteiger charge is -2.36. The summed E-state index contributed by atoms with van der Waals surface area (Å²) in [6, 6.07) is 0. The molecule has 0 saturated carbocycles. The maximum Gasteiger partial charge on any atom is 0.273 e. The van der Waals surface area contributed by atoms with Crippen molar-refractivity contribution in [3.8, 4) is 5.75 Å². The zero-order valence-corrected chi connectivity index (χ0v) is 20.1. The number of nitrogens with one attached hydrogen (secondary N) is 1. The molecule has 9 heteroatoms. The number of amides is 1. The van der Waals surface area contributed by atoms with E-state index in [1.165, 1.54) is 6.33 Å². The lowest BCUT2D eigenvalue weighted by atomic mass is 10.1. The van der Waals surface area contributed by atoms with Crippen molar-refractivity contribution in [1.29, 1.82) is 0 Å². The number of nitrogens with zero attached hydrogens (tertiary/aromatic N) is 4. The first-order chi connectivity index (χ1) is 13.1. The molecule has 1 N–H and O–H groups in total. The number of carbonyl (C=O) groups excluding carboxylic acids is 1. The minimum atomic E-state index is -2.23. The molecule has 150 valence electrons. The molecule has 0 atom stereocenters. The number of pyridine rings is 1. The van der Waals surface area contributed by atoms with Crippen LogP contribution in [0.2, 0.25) is 18.1 Å². The molecule has 0 radical (unpaired) electrons. The first-order valence-corrected chi connectivity index (χ1v) is 13.4. The number of rotatable bonds is 5. The van der Waals surface area contributed by atoms with Crippen molar-refractivity contribution in [3.63, 3.8) is 0 Å². The van der Waals surface area contributed by atoms with Crippen LogP contribution in [0.5, 0.6) is 5.75 Å². The predicted octanol–water partition coefficient (Wildman–Crippen LogP) is 4.10. The molecule has 0 fully saturated rings. The highest BCUT2D eigenvalue weighted by atomic mass is 127. The standard InChI is InChI=1S/C19H26IN5O2Si/c1-19(2,3)28(4,5)27-16-13-14(22-11-23-25-13)17(20)24-15(16)18(26)21-10-12-8-6-7-9-12/h6-7,11-12H,8-10H2,1-5H3,(H,21,26). The van der Waals surface area contributed by atoms with Gasteiger partial charge in [0.15, 0.2) is 17.0 Å². The summed E-state index contributed by atoms with van der Waals surface area (Å²) in [5, 5.41) is 11.1. The Bertz CT molecular complexity index is 918. The Morgan fingerprint density at radius 1 is 1.29 bits per heavy atom. The van der Waals surface area contributed by atoms with Gasteiger partial charge in [-0.05, 0) is 59.5 Å². The first-order valence-electron chi connectivity index (χ1n) is 9.39. The van der Waals surface area contributed by atoms with E-state index in [1.807, 2.05) is 0 Å². The molecule has 3 rings (SSSR count). The first kappa shape index (κ1) is 21.1. The molecule has 2 heterocycles. The van der Waals surface area contributed by atoms with Crippen molar-refractivity contribution in [1.82, 2.24) is 25.5 Å². The van der Waals surface area contributed by atoms with E-state index in [9.17, 15) is 4.79 Å². The quantitative estimate of drug-likeness (QED) is 0.281. The van der Waals surface area contributed by atoms with E-state index >= 15 is 0 Å². The van der Waals surface area contributed by atoms with Gasteiger partial charge in [-0.25, -0.2) is 9.97 Å². The van der Waals surface area contributed by atoms with Gasteiger partial charge in [0.1, 0.15) is 15.5 Å². The number of carbonyl (C=O) groups is 1. The predicted molar refractivity (Wildman–Crippen MR) is 120 cm³/mol. The zero-order chi connectivity index (χ0) is 20.5. The highest BCUT2D eigenvalue weighted by Gasteiger charge is 2.41. The monoisotopic (exact) mass is 511 g/mol. The lowest BCUT2D eigenvalue weighted by Crippen LogP contribution is -2.44. The Hall–Kier alpha value is -1.62. The number of allylic oxidation sites excluding steroid dienone is 2. The van der Waals surface area contributed by atoms with Gasteiger partial charge in [0.05, 0.1) is 0 Å². The highest BCUT2D eigenvalue weighted by molar-refractivity contribution is 14.1. The molecule has 2 aromatic heterocycles. The topological polar surface area (TPSA) is 89.9 Å².